The zero-order valence-corrected chi connectivity index (χ0v) is 17.6. The fourth-order valence-corrected chi connectivity index (χ4v) is 5.00. The fraction of sp³-hybridized carbons (Fsp3) is 0.364. The zero-order valence-electron chi connectivity index (χ0n) is 16.8. The van der Waals surface area contributed by atoms with Gasteiger partial charge in [-0.05, 0) is 50.2 Å². The quantitative estimate of drug-likeness (QED) is 0.529. The van der Waals surface area contributed by atoms with Gasteiger partial charge in [0.05, 0.1) is 17.9 Å². The monoisotopic (exact) mass is 408 g/mol. The van der Waals surface area contributed by atoms with E-state index in [2.05, 4.69) is 22.4 Å². The van der Waals surface area contributed by atoms with Crippen molar-refractivity contribution in [3.05, 3.63) is 62.5 Å². The first-order valence-corrected chi connectivity index (χ1v) is 10.7. The Morgan fingerprint density at radius 1 is 1.38 bits per heavy atom. The van der Waals surface area contributed by atoms with Gasteiger partial charge in [-0.25, -0.2) is 10.4 Å². The van der Waals surface area contributed by atoms with Gasteiger partial charge in [0.2, 0.25) is 0 Å². The van der Waals surface area contributed by atoms with Crippen LogP contribution in [0.4, 0.5) is 0 Å². The molecule has 29 heavy (non-hydrogen) atoms. The summed E-state index contributed by atoms with van der Waals surface area (Å²) in [6.07, 6.45) is 6.05. The van der Waals surface area contributed by atoms with Crippen LogP contribution in [0, 0.1) is 12.8 Å². The van der Waals surface area contributed by atoms with Gasteiger partial charge in [-0.2, -0.15) is 5.10 Å². The molecule has 0 spiro atoms. The first-order valence-electron chi connectivity index (χ1n) is 9.85. The first kappa shape index (κ1) is 19.5. The van der Waals surface area contributed by atoms with Gasteiger partial charge in [0.15, 0.2) is 0 Å². The second-order valence-corrected chi connectivity index (χ2v) is 8.89. The molecule has 0 saturated carbocycles. The molecule has 1 aromatic carbocycles. The molecule has 2 atom stereocenters. The third-order valence-electron chi connectivity index (χ3n) is 5.50. The van der Waals surface area contributed by atoms with E-state index in [1.54, 1.807) is 24.5 Å². The maximum absolute atomic E-state index is 13.1. The molecule has 150 valence electrons. The second-order valence-electron chi connectivity index (χ2n) is 7.81. The molecule has 7 heteroatoms. The van der Waals surface area contributed by atoms with Crippen LogP contribution in [-0.2, 0) is 17.6 Å². The Kier molecular flexibility index (Phi) is 5.32. The lowest BCUT2D eigenvalue weighted by Crippen LogP contribution is -2.34. The van der Waals surface area contributed by atoms with Crippen LogP contribution in [0.5, 0.6) is 0 Å². The Bertz CT molecular complexity index is 1140. The summed E-state index contributed by atoms with van der Waals surface area (Å²) in [7, 11) is 0. The molecule has 1 amide bonds. The number of nitrogens with one attached hydrogen (secondary N) is 1. The molecule has 0 bridgehead atoms. The predicted molar refractivity (Wildman–Crippen MR) is 117 cm³/mol. The van der Waals surface area contributed by atoms with E-state index in [0.717, 1.165) is 40.8 Å². The Balaban J connectivity index is 1.55. The third kappa shape index (κ3) is 3.87. The molecule has 0 unspecified atom stereocenters. The van der Waals surface area contributed by atoms with E-state index in [1.807, 2.05) is 31.2 Å². The van der Waals surface area contributed by atoms with Gasteiger partial charge >= 0.3 is 0 Å². The van der Waals surface area contributed by atoms with Gasteiger partial charge in [0.25, 0.3) is 11.5 Å². The van der Waals surface area contributed by atoms with E-state index >= 15 is 0 Å². The molecule has 2 aromatic heterocycles. The van der Waals surface area contributed by atoms with Gasteiger partial charge in [-0.15, -0.1) is 11.3 Å². The number of carbonyl (C=O) groups excluding carboxylic acids is 1. The number of aromatic nitrogens is 2. The van der Waals surface area contributed by atoms with E-state index in [-0.39, 0.29) is 11.5 Å². The Hall–Kier alpha value is -2.80. The van der Waals surface area contributed by atoms with Gasteiger partial charge in [-0.1, -0.05) is 36.8 Å². The van der Waals surface area contributed by atoms with Gasteiger partial charge < -0.3 is 0 Å². The van der Waals surface area contributed by atoms with Crippen molar-refractivity contribution in [2.75, 3.05) is 0 Å². The van der Waals surface area contributed by atoms with Crippen molar-refractivity contribution < 1.29 is 4.79 Å². The first-order chi connectivity index (χ1) is 13.9. The van der Waals surface area contributed by atoms with Gasteiger partial charge in [0, 0.05) is 4.88 Å². The van der Waals surface area contributed by atoms with Crippen LogP contribution in [0.25, 0.3) is 10.2 Å². The Morgan fingerprint density at radius 2 is 2.14 bits per heavy atom. The minimum Gasteiger partial charge on any atom is -0.286 e. The smallest absolute Gasteiger partial charge is 0.263 e. The van der Waals surface area contributed by atoms with Crippen LogP contribution < -0.4 is 11.0 Å². The van der Waals surface area contributed by atoms with Crippen molar-refractivity contribution in [2.45, 2.75) is 46.1 Å². The highest BCUT2D eigenvalue weighted by Gasteiger charge is 2.25. The van der Waals surface area contributed by atoms with E-state index in [1.165, 1.54) is 15.8 Å². The van der Waals surface area contributed by atoms with Crippen molar-refractivity contribution in [1.29, 1.82) is 0 Å². The van der Waals surface area contributed by atoms with E-state index < -0.39 is 6.04 Å². The lowest BCUT2D eigenvalue weighted by atomic mass is 9.89. The van der Waals surface area contributed by atoms with E-state index in [4.69, 9.17) is 0 Å². The molecule has 1 aliphatic carbocycles. The van der Waals surface area contributed by atoms with Crippen LogP contribution in [0.3, 0.4) is 0 Å². The summed E-state index contributed by atoms with van der Waals surface area (Å²) in [5.74, 6) is 0.281. The zero-order chi connectivity index (χ0) is 20.5. The number of fused-ring (bicyclic) bond motifs is 3. The summed E-state index contributed by atoms with van der Waals surface area (Å²) in [6.45, 7) is 5.94. The van der Waals surface area contributed by atoms with Crippen molar-refractivity contribution in [1.82, 2.24) is 15.0 Å². The summed E-state index contributed by atoms with van der Waals surface area (Å²) < 4.78 is 1.41. The Labute approximate surface area is 173 Å². The minimum absolute atomic E-state index is 0.146. The van der Waals surface area contributed by atoms with Crippen LogP contribution in [0.15, 0.2) is 40.5 Å². The molecule has 0 saturated heterocycles. The van der Waals surface area contributed by atoms with Crippen LogP contribution in [0.1, 0.15) is 47.9 Å². The van der Waals surface area contributed by atoms with E-state index in [9.17, 15) is 9.59 Å². The lowest BCUT2D eigenvalue weighted by molar-refractivity contribution is -0.123. The molecular formula is C22H24N4O2S. The normalized spacial score (nSPS) is 17.4. The molecule has 3 aromatic rings. The molecular weight excluding hydrogens is 384 g/mol. The van der Waals surface area contributed by atoms with Crippen LogP contribution >= 0.6 is 11.3 Å². The number of hydrazone groups is 1. The predicted octanol–water partition coefficient (Wildman–Crippen LogP) is 3.60. The topological polar surface area (TPSA) is 76.3 Å². The molecule has 4 rings (SSSR count). The Morgan fingerprint density at radius 3 is 2.90 bits per heavy atom. The number of carbonyl (C=O) groups is 1. The maximum Gasteiger partial charge on any atom is 0.263 e. The molecule has 1 aliphatic rings. The largest absolute Gasteiger partial charge is 0.286 e. The van der Waals surface area contributed by atoms with Crippen molar-refractivity contribution in [3.63, 3.8) is 0 Å². The molecule has 2 heterocycles. The highest BCUT2D eigenvalue weighted by Crippen LogP contribution is 2.35. The number of benzene rings is 1. The van der Waals surface area contributed by atoms with Crippen LogP contribution in [0.2, 0.25) is 0 Å². The lowest BCUT2D eigenvalue weighted by Gasteiger charge is -2.18. The highest BCUT2D eigenvalue weighted by molar-refractivity contribution is 7.18. The highest BCUT2D eigenvalue weighted by atomic mass is 32.1. The summed E-state index contributed by atoms with van der Waals surface area (Å²) in [6, 6.07) is 7.12. The maximum atomic E-state index is 13.1. The number of nitrogens with zero attached hydrogens (tertiary/aromatic N) is 3. The summed E-state index contributed by atoms with van der Waals surface area (Å²) >= 11 is 1.61. The number of hydrogen-bond acceptors (Lipinski definition) is 5. The van der Waals surface area contributed by atoms with Gasteiger partial charge in [0.1, 0.15) is 10.9 Å². The molecule has 0 aliphatic heterocycles. The van der Waals surface area contributed by atoms with Crippen molar-refractivity contribution >= 4 is 33.7 Å². The number of aryl methyl sites for hydroxylation is 2. The molecule has 0 fully saturated rings. The molecule has 0 radical (unpaired) electrons. The molecule has 6 nitrogen and oxygen atoms in total. The number of rotatable bonds is 4. The average Bonchev–Trinajstić information content (AvgIpc) is 3.07. The van der Waals surface area contributed by atoms with E-state index in [0.29, 0.717) is 11.3 Å². The summed E-state index contributed by atoms with van der Waals surface area (Å²) in [4.78, 5) is 32.2. The van der Waals surface area contributed by atoms with Crippen molar-refractivity contribution in [2.24, 2.45) is 11.0 Å². The number of hydrogen-bond donors (Lipinski definition) is 1. The third-order valence-corrected chi connectivity index (χ3v) is 6.67. The minimum atomic E-state index is -0.701. The standard InChI is InChI=1S/C22H24N4O2S/c1-13-4-7-16(8-5-13)11-24-25-20(27)15(3)26-12-23-21-19(22(26)28)17-9-6-14(2)10-18(17)29-21/h4-5,7-8,11-12,14-15H,6,9-10H2,1-3H3,(H,25,27)/b24-11+/t14-,15-/m0/s1. The summed E-state index contributed by atoms with van der Waals surface area (Å²) in [5.41, 5.74) is 5.56. The van der Waals surface area contributed by atoms with Crippen molar-refractivity contribution in [3.8, 4) is 0 Å². The SMILES string of the molecule is Cc1ccc(/C=N/NC(=O)[C@H](C)n2cnc3sc4c(c3c2=O)CC[C@H](C)C4)cc1. The van der Waals surface area contributed by atoms with Crippen LogP contribution in [-0.4, -0.2) is 21.7 Å². The van der Waals surface area contributed by atoms with Gasteiger partial charge in [-0.3, -0.25) is 14.2 Å². The molecule has 1 N–H and O–H groups in total. The number of thiophene rings is 1. The second kappa shape index (κ2) is 7.91. The number of amides is 1. The average molecular weight is 409 g/mol. The summed E-state index contributed by atoms with van der Waals surface area (Å²) in [5, 5.41) is 4.70. The fourth-order valence-electron chi connectivity index (χ4n) is 3.66.